The summed E-state index contributed by atoms with van der Waals surface area (Å²) in [6.07, 6.45) is 2.14. The monoisotopic (exact) mass is 394 g/mol. The molecule has 1 aromatic heterocycles. The molecular formula is C19H30N4O3S. The second kappa shape index (κ2) is 10.4. The lowest BCUT2D eigenvalue weighted by Gasteiger charge is -2.31. The van der Waals surface area contributed by atoms with Gasteiger partial charge in [0.15, 0.2) is 0 Å². The summed E-state index contributed by atoms with van der Waals surface area (Å²) in [5, 5.41) is 7.62. The van der Waals surface area contributed by atoms with Gasteiger partial charge in [0.25, 0.3) is 0 Å². The SMILES string of the molecule is CC(C)[C@H](N)C(=O)NCC(=O)N1CCC(C(=O)NCCc2cccs2)CC1. The van der Waals surface area contributed by atoms with Crippen LogP contribution in [0.2, 0.25) is 0 Å². The minimum atomic E-state index is -0.610. The van der Waals surface area contributed by atoms with E-state index in [9.17, 15) is 14.4 Å². The van der Waals surface area contributed by atoms with Gasteiger partial charge < -0.3 is 21.3 Å². The summed E-state index contributed by atoms with van der Waals surface area (Å²) in [6, 6.07) is 3.46. The van der Waals surface area contributed by atoms with Gasteiger partial charge in [-0.1, -0.05) is 19.9 Å². The van der Waals surface area contributed by atoms with Crippen molar-refractivity contribution in [2.75, 3.05) is 26.2 Å². The molecule has 27 heavy (non-hydrogen) atoms. The molecule has 0 saturated carbocycles. The number of amides is 3. The van der Waals surface area contributed by atoms with Crippen molar-refractivity contribution in [2.45, 2.75) is 39.2 Å². The van der Waals surface area contributed by atoms with Crippen LogP contribution in [0.4, 0.5) is 0 Å². The van der Waals surface area contributed by atoms with Gasteiger partial charge in [-0.05, 0) is 36.6 Å². The number of hydrogen-bond donors (Lipinski definition) is 3. The molecule has 0 radical (unpaired) electrons. The van der Waals surface area contributed by atoms with Crippen molar-refractivity contribution in [1.82, 2.24) is 15.5 Å². The Labute approximate surface area is 164 Å². The van der Waals surface area contributed by atoms with Crippen LogP contribution in [0.15, 0.2) is 17.5 Å². The van der Waals surface area contributed by atoms with E-state index >= 15 is 0 Å². The molecule has 8 heteroatoms. The number of likely N-dealkylation sites (tertiary alicyclic amines) is 1. The van der Waals surface area contributed by atoms with Gasteiger partial charge in [-0.3, -0.25) is 14.4 Å². The summed E-state index contributed by atoms with van der Waals surface area (Å²) < 4.78 is 0. The molecule has 0 aliphatic carbocycles. The molecule has 1 fully saturated rings. The summed E-state index contributed by atoms with van der Waals surface area (Å²) in [7, 11) is 0. The quantitative estimate of drug-likeness (QED) is 0.605. The third-order valence-corrected chi connectivity index (χ3v) is 5.84. The van der Waals surface area contributed by atoms with E-state index in [4.69, 9.17) is 5.73 Å². The number of rotatable bonds is 8. The molecule has 150 valence electrons. The Hall–Kier alpha value is -1.93. The Morgan fingerprint density at radius 2 is 1.96 bits per heavy atom. The van der Waals surface area contributed by atoms with Crippen molar-refractivity contribution in [3.8, 4) is 0 Å². The zero-order valence-corrected chi connectivity index (χ0v) is 16.9. The van der Waals surface area contributed by atoms with E-state index < -0.39 is 6.04 Å². The zero-order chi connectivity index (χ0) is 19.8. The van der Waals surface area contributed by atoms with Crippen molar-refractivity contribution in [1.29, 1.82) is 0 Å². The Kier molecular flexibility index (Phi) is 8.24. The predicted molar refractivity (Wildman–Crippen MR) is 106 cm³/mol. The number of carbonyl (C=O) groups is 3. The third kappa shape index (κ3) is 6.62. The lowest BCUT2D eigenvalue weighted by molar-refractivity contribution is -0.136. The Bertz CT molecular complexity index is 625. The summed E-state index contributed by atoms with van der Waals surface area (Å²) in [4.78, 5) is 39.3. The number of thiophene rings is 1. The van der Waals surface area contributed by atoms with Crippen LogP contribution < -0.4 is 16.4 Å². The van der Waals surface area contributed by atoms with E-state index in [1.165, 1.54) is 4.88 Å². The Morgan fingerprint density at radius 1 is 1.26 bits per heavy atom. The van der Waals surface area contributed by atoms with Gasteiger partial charge in [0.05, 0.1) is 12.6 Å². The summed E-state index contributed by atoms with van der Waals surface area (Å²) >= 11 is 1.69. The Balaban J connectivity index is 1.65. The molecular weight excluding hydrogens is 364 g/mol. The predicted octanol–water partition coefficient (Wildman–Crippen LogP) is 0.745. The van der Waals surface area contributed by atoms with E-state index in [2.05, 4.69) is 16.7 Å². The highest BCUT2D eigenvalue weighted by Gasteiger charge is 2.27. The molecule has 1 atom stereocenters. The maximum Gasteiger partial charge on any atom is 0.241 e. The largest absolute Gasteiger partial charge is 0.355 e. The topological polar surface area (TPSA) is 105 Å². The number of piperidine rings is 1. The van der Waals surface area contributed by atoms with Crippen LogP contribution in [0.25, 0.3) is 0 Å². The molecule has 0 unspecified atom stereocenters. The summed E-state index contributed by atoms with van der Waals surface area (Å²) in [6.45, 7) is 5.39. The first-order valence-corrected chi connectivity index (χ1v) is 10.4. The number of nitrogens with one attached hydrogen (secondary N) is 2. The minimum absolute atomic E-state index is 0.0224. The van der Waals surface area contributed by atoms with Crippen molar-refractivity contribution in [3.63, 3.8) is 0 Å². The van der Waals surface area contributed by atoms with Crippen LogP contribution in [-0.2, 0) is 20.8 Å². The van der Waals surface area contributed by atoms with Gasteiger partial charge in [0.2, 0.25) is 17.7 Å². The maximum absolute atomic E-state index is 12.3. The van der Waals surface area contributed by atoms with Gasteiger partial charge in [-0.15, -0.1) is 11.3 Å². The van der Waals surface area contributed by atoms with E-state index in [1.54, 1.807) is 16.2 Å². The summed E-state index contributed by atoms with van der Waals surface area (Å²) in [5.74, 6) is -0.403. The standard InChI is InChI=1S/C19H30N4O3S/c1-13(2)17(20)19(26)22-12-16(24)23-9-6-14(7-10-23)18(25)21-8-5-15-4-3-11-27-15/h3-4,11,13-14,17H,5-10,12,20H2,1-2H3,(H,21,25)(H,22,26)/t17-/m0/s1. The van der Waals surface area contributed by atoms with E-state index in [0.717, 1.165) is 6.42 Å². The molecule has 2 heterocycles. The first-order valence-electron chi connectivity index (χ1n) is 9.49. The van der Waals surface area contributed by atoms with E-state index in [1.807, 2.05) is 25.3 Å². The van der Waals surface area contributed by atoms with Gasteiger partial charge in [-0.25, -0.2) is 0 Å². The number of hydrogen-bond acceptors (Lipinski definition) is 5. The van der Waals surface area contributed by atoms with Crippen molar-refractivity contribution >= 4 is 29.1 Å². The second-order valence-corrected chi connectivity index (χ2v) is 8.30. The van der Waals surface area contributed by atoms with Crippen molar-refractivity contribution in [2.24, 2.45) is 17.6 Å². The average Bonchev–Trinajstić information content (AvgIpc) is 3.18. The van der Waals surface area contributed by atoms with Gasteiger partial charge >= 0.3 is 0 Å². The molecule has 0 aromatic carbocycles. The molecule has 3 amide bonds. The number of nitrogens with two attached hydrogens (primary N) is 1. The fraction of sp³-hybridized carbons (Fsp3) is 0.632. The maximum atomic E-state index is 12.3. The highest BCUT2D eigenvalue weighted by Crippen LogP contribution is 2.17. The molecule has 4 N–H and O–H groups in total. The van der Waals surface area contributed by atoms with Gasteiger partial charge in [-0.2, -0.15) is 0 Å². The van der Waals surface area contributed by atoms with Crippen LogP contribution in [0, 0.1) is 11.8 Å². The smallest absolute Gasteiger partial charge is 0.241 e. The zero-order valence-electron chi connectivity index (χ0n) is 16.1. The Morgan fingerprint density at radius 3 is 2.56 bits per heavy atom. The highest BCUT2D eigenvalue weighted by molar-refractivity contribution is 7.09. The van der Waals surface area contributed by atoms with Gasteiger partial charge in [0.1, 0.15) is 0 Å². The lowest BCUT2D eigenvalue weighted by atomic mass is 9.96. The summed E-state index contributed by atoms with van der Waals surface area (Å²) in [5.41, 5.74) is 5.77. The minimum Gasteiger partial charge on any atom is -0.355 e. The fourth-order valence-electron chi connectivity index (χ4n) is 2.99. The van der Waals surface area contributed by atoms with Crippen LogP contribution >= 0.6 is 11.3 Å². The van der Waals surface area contributed by atoms with Crippen LogP contribution in [0.3, 0.4) is 0 Å². The second-order valence-electron chi connectivity index (χ2n) is 7.26. The van der Waals surface area contributed by atoms with Crippen molar-refractivity contribution in [3.05, 3.63) is 22.4 Å². The van der Waals surface area contributed by atoms with Crippen LogP contribution in [0.1, 0.15) is 31.6 Å². The highest BCUT2D eigenvalue weighted by atomic mass is 32.1. The van der Waals surface area contributed by atoms with E-state index in [0.29, 0.717) is 32.5 Å². The van der Waals surface area contributed by atoms with Crippen LogP contribution in [0.5, 0.6) is 0 Å². The van der Waals surface area contributed by atoms with Crippen molar-refractivity contribution < 1.29 is 14.4 Å². The first kappa shape index (κ1) is 21.4. The third-order valence-electron chi connectivity index (χ3n) is 4.90. The molecule has 1 aliphatic heterocycles. The first-order chi connectivity index (χ1) is 12.9. The number of carbonyl (C=O) groups excluding carboxylic acids is 3. The number of nitrogens with zero attached hydrogens (tertiary/aromatic N) is 1. The normalized spacial score (nSPS) is 16.2. The molecule has 0 spiro atoms. The molecule has 2 rings (SSSR count). The molecule has 1 saturated heterocycles. The molecule has 1 aliphatic rings. The van der Waals surface area contributed by atoms with Crippen LogP contribution in [-0.4, -0.2) is 54.8 Å². The lowest BCUT2D eigenvalue weighted by Crippen LogP contribution is -2.50. The molecule has 7 nitrogen and oxygen atoms in total. The van der Waals surface area contributed by atoms with Gasteiger partial charge in [0, 0.05) is 30.4 Å². The fourth-order valence-corrected chi connectivity index (χ4v) is 3.70. The average molecular weight is 395 g/mol. The molecule has 0 bridgehead atoms. The molecule has 1 aromatic rings. The van der Waals surface area contributed by atoms with E-state index in [-0.39, 0.29) is 36.1 Å².